The molecule has 0 radical (unpaired) electrons. The molecule has 0 saturated carbocycles. The second-order valence-corrected chi connectivity index (χ2v) is 11.6. The first kappa shape index (κ1) is 25.5. The maximum atomic E-state index is 13.1. The zero-order valence-corrected chi connectivity index (χ0v) is 21.9. The van der Waals surface area contributed by atoms with Gasteiger partial charge >= 0.3 is 0 Å². The van der Waals surface area contributed by atoms with Crippen LogP contribution >= 0.6 is 11.8 Å². The Morgan fingerprint density at radius 1 is 1.17 bits per heavy atom. The molecule has 1 atom stereocenters. The zero-order valence-electron chi connectivity index (χ0n) is 20.3. The number of rotatable bonds is 8. The standard InChI is InChI=1S/C26H31N3O4S2/c1-4-21-7-5-6-14-29(21)35(31,32)23-11-8-20(9-12-23)27-25(30)17-34-26-18(2)15-19-16-22(33-3)10-13-24(19)28-26/h8-13,15-16,21H,4-7,14,17H2,1-3H3,(H,27,30). The molecule has 1 aliphatic rings. The number of carbonyl (C=O) groups is 1. The van der Waals surface area contributed by atoms with Crippen molar-refractivity contribution in [1.82, 2.24) is 9.29 Å². The third-order valence-corrected chi connectivity index (χ3v) is 9.35. The molecule has 1 saturated heterocycles. The molecule has 35 heavy (non-hydrogen) atoms. The SMILES string of the molecule is CCC1CCCCN1S(=O)(=O)c1ccc(NC(=O)CSc2nc3ccc(OC)cc3cc2C)cc1. The van der Waals surface area contributed by atoms with Crippen molar-refractivity contribution in [3.63, 3.8) is 0 Å². The van der Waals surface area contributed by atoms with Gasteiger partial charge in [0.15, 0.2) is 0 Å². The molecule has 4 rings (SSSR count). The number of methoxy groups -OCH3 is 1. The lowest BCUT2D eigenvalue weighted by atomic mass is 10.0. The molecule has 1 aromatic heterocycles. The van der Waals surface area contributed by atoms with Crippen LogP contribution in [0.2, 0.25) is 0 Å². The summed E-state index contributed by atoms with van der Waals surface area (Å²) in [5.74, 6) is 0.795. The molecule has 2 aromatic carbocycles. The van der Waals surface area contributed by atoms with Gasteiger partial charge in [0.05, 0.1) is 23.3 Å². The summed E-state index contributed by atoms with van der Waals surface area (Å²) < 4.78 is 33.2. The van der Waals surface area contributed by atoms with Gasteiger partial charge in [-0.3, -0.25) is 4.79 Å². The van der Waals surface area contributed by atoms with E-state index in [2.05, 4.69) is 10.3 Å². The topological polar surface area (TPSA) is 88.6 Å². The van der Waals surface area contributed by atoms with Gasteiger partial charge in [-0.2, -0.15) is 4.31 Å². The van der Waals surface area contributed by atoms with E-state index in [1.54, 1.807) is 35.7 Å². The van der Waals surface area contributed by atoms with E-state index in [9.17, 15) is 13.2 Å². The average Bonchev–Trinajstić information content (AvgIpc) is 2.87. The molecule has 1 aliphatic heterocycles. The predicted molar refractivity (Wildman–Crippen MR) is 141 cm³/mol. The largest absolute Gasteiger partial charge is 0.497 e. The van der Waals surface area contributed by atoms with Crippen LogP contribution in [-0.2, 0) is 14.8 Å². The minimum absolute atomic E-state index is 0.0550. The van der Waals surface area contributed by atoms with Gasteiger partial charge < -0.3 is 10.1 Å². The minimum Gasteiger partial charge on any atom is -0.497 e. The maximum Gasteiger partial charge on any atom is 0.243 e. The Balaban J connectivity index is 1.39. The van der Waals surface area contributed by atoms with Crippen LogP contribution in [0.5, 0.6) is 5.75 Å². The van der Waals surface area contributed by atoms with Crippen LogP contribution < -0.4 is 10.1 Å². The number of thioether (sulfide) groups is 1. The summed E-state index contributed by atoms with van der Waals surface area (Å²) in [7, 11) is -1.91. The first-order valence-corrected chi connectivity index (χ1v) is 14.2. The highest BCUT2D eigenvalue weighted by molar-refractivity contribution is 8.00. The number of hydrogen-bond donors (Lipinski definition) is 1. The van der Waals surface area contributed by atoms with Crippen LogP contribution in [0.4, 0.5) is 5.69 Å². The van der Waals surface area contributed by atoms with Gasteiger partial charge in [-0.15, -0.1) is 0 Å². The fraction of sp³-hybridized carbons (Fsp3) is 0.385. The lowest BCUT2D eigenvalue weighted by Crippen LogP contribution is -2.43. The number of piperidine rings is 1. The van der Waals surface area contributed by atoms with Crippen molar-refractivity contribution >= 4 is 44.3 Å². The summed E-state index contributed by atoms with van der Waals surface area (Å²) in [5, 5.41) is 4.63. The van der Waals surface area contributed by atoms with Gasteiger partial charge in [0, 0.05) is 23.7 Å². The molecule has 1 unspecified atom stereocenters. The van der Waals surface area contributed by atoms with Gasteiger partial charge in [0.25, 0.3) is 0 Å². The number of carbonyl (C=O) groups excluding carboxylic acids is 1. The summed E-state index contributed by atoms with van der Waals surface area (Å²) >= 11 is 1.37. The highest BCUT2D eigenvalue weighted by atomic mass is 32.2. The van der Waals surface area contributed by atoms with E-state index in [0.29, 0.717) is 12.2 Å². The number of nitrogens with zero attached hydrogens (tertiary/aromatic N) is 2. The average molecular weight is 514 g/mol. The molecular formula is C26H31N3O4S2. The molecular weight excluding hydrogens is 482 g/mol. The number of pyridine rings is 1. The van der Waals surface area contributed by atoms with Crippen molar-refractivity contribution < 1.29 is 17.9 Å². The molecule has 0 bridgehead atoms. The third-order valence-electron chi connectivity index (χ3n) is 6.30. The Hall–Kier alpha value is -2.62. The molecule has 1 fully saturated rings. The van der Waals surface area contributed by atoms with Crippen molar-refractivity contribution in [2.45, 2.75) is 55.5 Å². The molecule has 1 amide bonds. The number of nitrogens with one attached hydrogen (secondary N) is 1. The molecule has 7 nitrogen and oxygen atoms in total. The number of aromatic nitrogens is 1. The normalized spacial score (nSPS) is 16.8. The fourth-order valence-electron chi connectivity index (χ4n) is 4.39. The van der Waals surface area contributed by atoms with Crippen LogP contribution in [0.3, 0.4) is 0 Å². The molecule has 0 aliphatic carbocycles. The van der Waals surface area contributed by atoms with Crippen LogP contribution in [-0.4, -0.2) is 49.1 Å². The number of benzene rings is 2. The van der Waals surface area contributed by atoms with Gasteiger partial charge in [-0.1, -0.05) is 25.1 Å². The number of anilines is 1. The number of fused-ring (bicyclic) bond motifs is 1. The number of hydrogen-bond acceptors (Lipinski definition) is 6. The van der Waals surface area contributed by atoms with Gasteiger partial charge in [0.1, 0.15) is 10.8 Å². The third kappa shape index (κ3) is 5.79. The summed E-state index contributed by atoms with van der Waals surface area (Å²) in [5.41, 5.74) is 2.40. The van der Waals surface area contributed by atoms with Gasteiger partial charge in [-0.25, -0.2) is 13.4 Å². The van der Waals surface area contributed by atoms with E-state index >= 15 is 0 Å². The fourth-order valence-corrected chi connectivity index (χ4v) is 6.95. The maximum absolute atomic E-state index is 13.1. The van der Waals surface area contributed by atoms with Gasteiger partial charge in [0.2, 0.25) is 15.9 Å². The molecule has 1 N–H and O–H groups in total. The molecule has 2 heterocycles. The minimum atomic E-state index is -3.54. The highest BCUT2D eigenvalue weighted by Gasteiger charge is 2.32. The van der Waals surface area contributed by atoms with Crippen LogP contribution in [0.1, 0.15) is 38.2 Å². The van der Waals surface area contributed by atoms with E-state index in [4.69, 9.17) is 4.74 Å². The highest BCUT2D eigenvalue weighted by Crippen LogP contribution is 2.29. The van der Waals surface area contributed by atoms with Crippen molar-refractivity contribution in [3.8, 4) is 5.75 Å². The second-order valence-electron chi connectivity index (χ2n) is 8.70. The van der Waals surface area contributed by atoms with Gasteiger partial charge in [-0.05, 0) is 80.3 Å². The lowest BCUT2D eigenvalue weighted by Gasteiger charge is -2.34. The van der Waals surface area contributed by atoms with Crippen LogP contribution in [0, 0.1) is 6.92 Å². The summed E-state index contributed by atoms with van der Waals surface area (Å²) in [6, 6.07) is 14.2. The summed E-state index contributed by atoms with van der Waals surface area (Å²) in [4.78, 5) is 17.5. The van der Waals surface area contributed by atoms with Crippen molar-refractivity contribution in [2.75, 3.05) is 24.7 Å². The van der Waals surface area contributed by atoms with Crippen LogP contribution in [0.15, 0.2) is 58.5 Å². The molecule has 186 valence electrons. The monoisotopic (exact) mass is 513 g/mol. The van der Waals surface area contributed by atoms with E-state index in [1.165, 1.54) is 11.8 Å². The Morgan fingerprint density at radius 2 is 1.94 bits per heavy atom. The lowest BCUT2D eigenvalue weighted by molar-refractivity contribution is -0.113. The first-order valence-electron chi connectivity index (χ1n) is 11.8. The molecule has 3 aromatic rings. The Kier molecular flexibility index (Phi) is 7.98. The van der Waals surface area contributed by atoms with E-state index < -0.39 is 10.0 Å². The zero-order chi connectivity index (χ0) is 25.0. The predicted octanol–water partition coefficient (Wildman–Crippen LogP) is 5.24. The van der Waals surface area contributed by atoms with Crippen LogP contribution in [0.25, 0.3) is 10.9 Å². The summed E-state index contributed by atoms with van der Waals surface area (Å²) in [6.45, 7) is 4.56. The van der Waals surface area contributed by atoms with Crippen molar-refractivity contribution in [3.05, 3.63) is 54.1 Å². The smallest absolute Gasteiger partial charge is 0.243 e. The number of amides is 1. The first-order chi connectivity index (χ1) is 16.8. The number of sulfonamides is 1. The quantitative estimate of drug-likeness (QED) is 0.415. The Bertz CT molecular complexity index is 1310. The number of ether oxygens (including phenoxy) is 1. The summed E-state index contributed by atoms with van der Waals surface area (Å²) in [6.07, 6.45) is 3.67. The Morgan fingerprint density at radius 3 is 2.66 bits per heavy atom. The van der Waals surface area contributed by atoms with E-state index in [1.807, 2.05) is 38.1 Å². The van der Waals surface area contributed by atoms with E-state index in [-0.39, 0.29) is 22.6 Å². The Labute approximate surface area is 211 Å². The number of aryl methyl sites for hydroxylation is 1. The second kappa shape index (κ2) is 11.0. The molecule has 9 heteroatoms. The van der Waals surface area contributed by atoms with Crippen molar-refractivity contribution in [1.29, 1.82) is 0 Å². The molecule has 0 spiro atoms. The van der Waals surface area contributed by atoms with Crippen molar-refractivity contribution in [2.24, 2.45) is 0 Å². The van der Waals surface area contributed by atoms with E-state index in [0.717, 1.165) is 52.9 Å².